The number of nitrogens with zero attached hydrogens (tertiary/aromatic N) is 6. The summed E-state index contributed by atoms with van der Waals surface area (Å²) in [5.41, 5.74) is 8.25. The Balaban J connectivity index is 1.31. The second-order valence-corrected chi connectivity index (χ2v) is 12.1. The van der Waals surface area contributed by atoms with Crippen molar-refractivity contribution in [2.75, 3.05) is 0 Å². The van der Waals surface area contributed by atoms with Gasteiger partial charge in [0.2, 0.25) is 0 Å². The zero-order valence-electron chi connectivity index (χ0n) is 26.6. The maximum absolute atomic E-state index is 6.52. The van der Waals surface area contributed by atoms with Crippen molar-refractivity contribution >= 4 is 43.9 Å². The van der Waals surface area contributed by atoms with Gasteiger partial charge in [-0.05, 0) is 36.4 Å². The van der Waals surface area contributed by atoms with E-state index in [9.17, 15) is 0 Å². The average molecular weight is 643 g/mol. The fourth-order valence-electron chi connectivity index (χ4n) is 6.82. The summed E-state index contributed by atoms with van der Waals surface area (Å²) in [6.45, 7) is 0. The zero-order valence-corrected chi connectivity index (χ0v) is 26.6. The Labute approximate surface area is 286 Å². The average Bonchev–Trinajstić information content (AvgIpc) is 3.74. The highest BCUT2D eigenvalue weighted by Crippen LogP contribution is 2.40. The molecule has 0 spiro atoms. The lowest BCUT2D eigenvalue weighted by molar-refractivity contribution is 0.666. The van der Waals surface area contributed by atoms with Crippen molar-refractivity contribution in [1.29, 1.82) is 0 Å². The van der Waals surface area contributed by atoms with E-state index in [0.29, 0.717) is 45.7 Å². The number of hydrogen-bond acceptors (Lipinski definition) is 6. The summed E-state index contributed by atoms with van der Waals surface area (Å²) in [6, 6.07) is 53.0. The van der Waals surface area contributed by atoms with Crippen molar-refractivity contribution in [2.45, 2.75) is 0 Å². The first-order chi connectivity index (χ1) is 24.8. The van der Waals surface area contributed by atoms with Crippen LogP contribution in [0.2, 0.25) is 0 Å². The lowest BCUT2D eigenvalue weighted by Crippen LogP contribution is -2.03. The molecule has 0 N–H and O–H groups in total. The highest BCUT2D eigenvalue weighted by Gasteiger charge is 2.24. The SMILES string of the molecule is c1ccc(-c2nc(-c3ccccc3)nc(-c3nc(-c4cccc5c6ccccc6n(-c6ccccc6)c45)nc4c3oc3ccccc34)n2)cc1. The molecule has 6 aromatic carbocycles. The second-order valence-electron chi connectivity index (χ2n) is 12.1. The van der Waals surface area contributed by atoms with Crippen molar-refractivity contribution in [1.82, 2.24) is 29.5 Å². The zero-order chi connectivity index (χ0) is 33.0. The molecule has 0 atom stereocenters. The second kappa shape index (κ2) is 11.3. The maximum atomic E-state index is 6.52. The molecule has 0 aliphatic rings. The molecule has 0 amide bonds. The molecular formula is C43H26N6O. The van der Waals surface area contributed by atoms with Gasteiger partial charge in [-0.25, -0.2) is 24.9 Å². The van der Waals surface area contributed by atoms with Crippen LogP contribution >= 0.6 is 0 Å². The van der Waals surface area contributed by atoms with Crippen molar-refractivity contribution in [3.63, 3.8) is 0 Å². The monoisotopic (exact) mass is 642 g/mol. The largest absolute Gasteiger partial charge is 0.452 e. The third-order valence-corrected chi connectivity index (χ3v) is 9.08. The van der Waals surface area contributed by atoms with Gasteiger partial charge < -0.3 is 8.98 Å². The summed E-state index contributed by atoms with van der Waals surface area (Å²) in [5, 5.41) is 3.16. The maximum Gasteiger partial charge on any atom is 0.186 e. The highest BCUT2D eigenvalue weighted by molar-refractivity contribution is 6.14. The predicted octanol–water partition coefficient (Wildman–Crippen LogP) is 10.3. The lowest BCUT2D eigenvalue weighted by Gasteiger charge is -2.12. The number of benzene rings is 6. The summed E-state index contributed by atoms with van der Waals surface area (Å²) in [4.78, 5) is 25.5. The van der Waals surface area contributed by atoms with Gasteiger partial charge in [0.05, 0.1) is 11.0 Å². The van der Waals surface area contributed by atoms with Crippen LogP contribution in [0.5, 0.6) is 0 Å². The van der Waals surface area contributed by atoms with E-state index in [1.165, 1.54) is 0 Å². The van der Waals surface area contributed by atoms with Crippen LogP contribution in [-0.4, -0.2) is 29.5 Å². The van der Waals surface area contributed by atoms with Crippen LogP contribution < -0.4 is 0 Å². The molecule has 0 bridgehead atoms. The van der Waals surface area contributed by atoms with Crippen LogP contribution in [0.25, 0.3) is 95.2 Å². The number of rotatable bonds is 5. The van der Waals surface area contributed by atoms with Crippen LogP contribution in [0, 0.1) is 0 Å². The molecule has 0 saturated heterocycles. The van der Waals surface area contributed by atoms with E-state index in [0.717, 1.165) is 49.6 Å². The smallest absolute Gasteiger partial charge is 0.186 e. The Morgan fingerprint density at radius 1 is 0.420 bits per heavy atom. The third-order valence-electron chi connectivity index (χ3n) is 9.08. The molecule has 0 aliphatic heterocycles. The van der Waals surface area contributed by atoms with E-state index in [1.54, 1.807) is 0 Å². The van der Waals surface area contributed by atoms with E-state index in [-0.39, 0.29) is 0 Å². The number of hydrogen-bond donors (Lipinski definition) is 0. The molecule has 0 fully saturated rings. The van der Waals surface area contributed by atoms with E-state index in [2.05, 4.69) is 71.3 Å². The lowest BCUT2D eigenvalue weighted by atomic mass is 10.1. The Morgan fingerprint density at radius 3 is 1.72 bits per heavy atom. The molecule has 7 heteroatoms. The Morgan fingerprint density at radius 2 is 1.00 bits per heavy atom. The number of fused-ring (bicyclic) bond motifs is 6. The van der Waals surface area contributed by atoms with E-state index in [1.807, 2.05) is 91.0 Å². The number of para-hydroxylation sites is 4. The Kier molecular flexibility index (Phi) is 6.35. The van der Waals surface area contributed by atoms with Gasteiger partial charge in [-0.3, -0.25) is 0 Å². The molecule has 0 saturated carbocycles. The summed E-state index contributed by atoms with van der Waals surface area (Å²) in [6.07, 6.45) is 0. The van der Waals surface area contributed by atoms with E-state index in [4.69, 9.17) is 29.3 Å². The quantitative estimate of drug-likeness (QED) is 0.186. The van der Waals surface area contributed by atoms with Gasteiger partial charge in [0.15, 0.2) is 34.6 Å². The molecule has 0 unspecified atom stereocenters. The standard InChI is InChI=1S/C43H26N6O/c1-4-15-27(16-5-1)40-46-41(28-17-6-2-7-18-28)48-43(47-40)37-39-36(32-22-11-13-26-35(32)50-39)44-42(45-37)33-24-14-23-31-30-21-10-12-25-34(30)49(38(31)33)29-19-8-3-9-20-29/h1-26H. The summed E-state index contributed by atoms with van der Waals surface area (Å²) >= 11 is 0. The van der Waals surface area contributed by atoms with E-state index >= 15 is 0 Å². The van der Waals surface area contributed by atoms with Crippen LogP contribution in [-0.2, 0) is 0 Å². The van der Waals surface area contributed by atoms with Gasteiger partial charge in [0.25, 0.3) is 0 Å². The van der Waals surface area contributed by atoms with Crippen molar-refractivity contribution in [3.05, 3.63) is 158 Å². The summed E-state index contributed by atoms with van der Waals surface area (Å²) in [7, 11) is 0. The van der Waals surface area contributed by atoms with Crippen LogP contribution in [0.1, 0.15) is 0 Å². The van der Waals surface area contributed by atoms with Gasteiger partial charge in [0.1, 0.15) is 11.1 Å². The minimum absolute atomic E-state index is 0.404. The minimum atomic E-state index is 0.404. The fraction of sp³-hybridized carbons (Fsp3) is 0. The first-order valence-corrected chi connectivity index (χ1v) is 16.4. The van der Waals surface area contributed by atoms with E-state index < -0.39 is 0 Å². The molecule has 50 heavy (non-hydrogen) atoms. The van der Waals surface area contributed by atoms with Gasteiger partial charge in [-0.2, -0.15) is 0 Å². The van der Waals surface area contributed by atoms with Crippen LogP contribution in [0.3, 0.4) is 0 Å². The molecule has 7 nitrogen and oxygen atoms in total. The third kappa shape index (κ3) is 4.48. The summed E-state index contributed by atoms with van der Waals surface area (Å²) in [5.74, 6) is 2.05. The van der Waals surface area contributed by atoms with Crippen LogP contribution in [0.4, 0.5) is 0 Å². The van der Waals surface area contributed by atoms with Gasteiger partial charge >= 0.3 is 0 Å². The molecule has 0 radical (unpaired) electrons. The van der Waals surface area contributed by atoms with Crippen molar-refractivity contribution in [3.8, 4) is 51.4 Å². The van der Waals surface area contributed by atoms with Crippen LogP contribution in [0.15, 0.2) is 162 Å². The molecule has 10 rings (SSSR count). The molecule has 10 aromatic rings. The number of aromatic nitrogens is 6. The van der Waals surface area contributed by atoms with Gasteiger partial charge in [0, 0.05) is 38.5 Å². The Bertz CT molecular complexity index is 2810. The highest BCUT2D eigenvalue weighted by atomic mass is 16.3. The number of furan rings is 1. The normalized spacial score (nSPS) is 11.6. The first-order valence-electron chi connectivity index (χ1n) is 16.4. The topological polar surface area (TPSA) is 82.5 Å². The van der Waals surface area contributed by atoms with Gasteiger partial charge in [-0.15, -0.1) is 0 Å². The summed E-state index contributed by atoms with van der Waals surface area (Å²) < 4.78 is 8.81. The molecule has 234 valence electrons. The van der Waals surface area contributed by atoms with Crippen molar-refractivity contribution < 1.29 is 4.42 Å². The molecular weight excluding hydrogens is 617 g/mol. The first kappa shape index (κ1) is 28.1. The molecule has 0 aliphatic carbocycles. The Hall–Kier alpha value is -6.99. The van der Waals surface area contributed by atoms with Crippen molar-refractivity contribution in [2.24, 2.45) is 0 Å². The minimum Gasteiger partial charge on any atom is -0.452 e. The van der Waals surface area contributed by atoms with Gasteiger partial charge in [-0.1, -0.05) is 121 Å². The fourth-order valence-corrected chi connectivity index (χ4v) is 6.82. The molecule has 4 heterocycles. The predicted molar refractivity (Wildman–Crippen MR) is 199 cm³/mol. The molecule has 4 aromatic heterocycles.